The van der Waals surface area contributed by atoms with E-state index >= 15 is 0 Å². The number of carboxylic acids is 1. The summed E-state index contributed by atoms with van der Waals surface area (Å²) in [6.45, 7) is 0. The summed E-state index contributed by atoms with van der Waals surface area (Å²) in [5, 5.41) is 27.1. The van der Waals surface area contributed by atoms with Crippen molar-refractivity contribution in [1.29, 1.82) is 0 Å². The summed E-state index contributed by atoms with van der Waals surface area (Å²) in [6, 6.07) is 0. The van der Waals surface area contributed by atoms with E-state index in [4.69, 9.17) is 5.11 Å². The van der Waals surface area contributed by atoms with Crippen molar-refractivity contribution < 1.29 is 9.90 Å². The van der Waals surface area contributed by atoms with Crippen molar-refractivity contribution in [2.24, 2.45) is 0 Å². The number of fused-ring (bicyclic) bond motifs is 3. The first-order valence-corrected chi connectivity index (χ1v) is 4.04. The van der Waals surface area contributed by atoms with Crippen LogP contribution in [-0.2, 0) is 0 Å². The molecule has 0 bridgehead atoms. The number of aromatic amines is 1. The normalized spacial score (nSPS) is 11.2. The summed E-state index contributed by atoms with van der Waals surface area (Å²) in [7, 11) is 0. The van der Waals surface area contributed by atoms with Gasteiger partial charge in [0, 0.05) is 0 Å². The molecule has 3 aromatic heterocycles. The molecule has 0 aliphatic carbocycles. The van der Waals surface area contributed by atoms with Gasteiger partial charge in [-0.3, -0.25) is 5.10 Å². The zero-order valence-corrected chi connectivity index (χ0v) is 7.25. The third kappa shape index (κ3) is 0.923. The molecule has 2 N–H and O–H groups in total. The van der Waals surface area contributed by atoms with Gasteiger partial charge < -0.3 is 5.11 Å². The highest BCUT2D eigenvalue weighted by Gasteiger charge is 2.16. The Morgan fingerprint density at radius 2 is 2.40 bits per heavy atom. The summed E-state index contributed by atoms with van der Waals surface area (Å²) in [4.78, 5) is 10.9. The van der Waals surface area contributed by atoms with E-state index in [0.717, 1.165) is 0 Å². The molecule has 0 unspecified atom stereocenters. The van der Waals surface area contributed by atoms with Gasteiger partial charge in [-0.25, -0.2) is 4.79 Å². The lowest BCUT2D eigenvalue weighted by Crippen LogP contribution is -2.05. The van der Waals surface area contributed by atoms with Gasteiger partial charge in [0.1, 0.15) is 11.8 Å². The van der Waals surface area contributed by atoms with Crippen LogP contribution in [0.4, 0.5) is 0 Å². The fourth-order valence-electron chi connectivity index (χ4n) is 1.42. The fourth-order valence-corrected chi connectivity index (χ4v) is 1.42. The summed E-state index contributed by atoms with van der Waals surface area (Å²) >= 11 is 0. The molecular formula is C7H4N6O2. The first kappa shape index (κ1) is 7.85. The molecule has 0 saturated carbocycles. The summed E-state index contributed by atoms with van der Waals surface area (Å²) in [6.07, 6.45) is 2.74. The van der Waals surface area contributed by atoms with E-state index in [1.807, 2.05) is 0 Å². The van der Waals surface area contributed by atoms with Crippen LogP contribution in [0.3, 0.4) is 0 Å². The Morgan fingerprint density at radius 3 is 3.20 bits per heavy atom. The molecular weight excluding hydrogens is 200 g/mol. The van der Waals surface area contributed by atoms with Crippen LogP contribution in [0.5, 0.6) is 0 Å². The molecule has 0 amide bonds. The van der Waals surface area contributed by atoms with Gasteiger partial charge in [-0.15, -0.1) is 10.2 Å². The number of carboxylic acid groups (broad SMARTS) is 1. The number of H-pyrrole nitrogens is 1. The van der Waals surface area contributed by atoms with Crippen molar-refractivity contribution in [3.8, 4) is 0 Å². The predicted octanol–water partition coefficient (Wildman–Crippen LogP) is -0.301. The minimum Gasteiger partial charge on any atom is -0.476 e. The monoisotopic (exact) mass is 204 g/mol. The molecule has 8 heteroatoms. The van der Waals surface area contributed by atoms with Crippen molar-refractivity contribution in [1.82, 2.24) is 30.0 Å². The van der Waals surface area contributed by atoms with Crippen LogP contribution in [0.25, 0.3) is 16.6 Å². The summed E-state index contributed by atoms with van der Waals surface area (Å²) < 4.78 is 1.30. The standard InChI is InChI=1S/C7H4N6O2/c14-7(15)5-3-1-8-10-4(3)6-11-9-2-13(6)12-5/h1-2H,(H,8,10)(H,14,15). The van der Waals surface area contributed by atoms with Gasteiger partial charge in [-0.2, -0.15) is 14.7 Å². The average molecular weight is 204 g/mol. The number of aromatic nitrogens is 6. The van der Waals surface area contributed by atoms with Gasteiger partial charge in [-0.05, 0) is 0 Å². The molecule has 3 heterocycles. The minimum absolute atomic E-state index is 0.0777. The van der Waals surface area contributed by atoms with Gasteiger partial charge in [0.15, 0.2) is 5.69 Å². The highest BCUT2D eigenvalue weighted by Crippen LogP contribution is 2.17. The topological polar surface area (TPSA) is 109 Å². The Bertz CT molecular complexity index is 668. The Balaban J connectivity index is 2.59. The maximum Gasteiger partial charge on any atom is 0.357 e. The van der Waals surface area contributed by atoms with Gasteiger partial charge in [-0.1, -0.05) is 0 Å². The van der Waals surface area contributed by atoms with Crippen LogP contribution in [0.15, 0.2) is 12.5 Å². The fraction of sp³-hybridized carbons (Fsp3) is 0. The van der Waals surface area contributed by atoms with E-state index in [2.05, 4.69) is 25.5 Å². The van der Waals surface area contributed by atoms with Gasteiger partial charge in [0.2, 0.25) is 5.65 Å². The van der Waals surface area contributed by atoms with Crippen LogP contribution in [0, 0.1) is 0 Å². The third-order valence-corrected chi connectivity index (χ3v) is 2.06. The van der Waals surface area contributed by atoms with Crippen molar-refractivity contribution >= 4 is 22.5 Å². The SMILES string of the molecule is O=C(O)c1nn2cnnc2c2[nH]ncc12. The largest absolute Gasteiger partial charge is 0.476 e. The van der Waals surface area contributed by atoms with Crippen LogP contribution in [0.1, 0.15) is 10.5 Å². The number of carbonyl (C=O) groups is 1. The maximum atomic E-state index is 10.9. The molecule has 8 nitrogen and oxygen atoms in total. The van der Waals surface area contributed by atoms with E-state index in [9.17, 15) is 4.79 Å². The second kappa shape index (κ2) is 2.50. The second-order valence-electron chi connectivity index (χ2n) is 2.91. The number of hydrogen-bond acceptors (Lipinski definition) is 5. The molecule has 0 spiro atoms. The Labute approximate surface area is 81.5 Å². The van der Waals surface area contributed by atoms with Gasteiger partial charge in [0.05, 0.1) is 11.6 Å². The third-order valence-electron chi connectivity index (χ3n) is 2.06. The van der Waals surface area contributed by atoms with Crippen LogP contribution >= 0.6 is 0 Å². The maximum absolute atomic E-state index is 10.9. The quantitative estimate of drug-likeness (QED) is 0.563. The van der Waals surface area contributed by atoms with E-state index in [-0.39, 0.29) is 5.69 Å². The lowest BCUT2D eigenvalue weighted by molar-refractivity contribution is 0.0691. The van der Waals surface area contributed by atoms with Crippen molar-refractivity contribution in [2.45, 2.75) is 0 Å². The van der Waals surface area contributed by atoms with E-state index in [0.29, 0.717) is 16.6 Å². The second-order valence-corrected chi connectivity index (χ2v) is 2.91. The molecule has 0 radical (unpaired) electrons. The van der Waals surface area contributed by atoms with E-state index in [1.54, 1.807) is 0 Å². The Hall–Kier alpha value is -2.51. The number of rotatable bonds is 1. The number of hydrogen-bond donors (Lipinski definition) is 2. The first-order valence-electron chi connectivity index (χ1n) is 4.04. The molecule has 3 rings (SSSR count). The van der Waals surface area contributed by atoms with Gasteiger partial charge >= 0.3 is 5.97 Å². The minimum atomic E-state index is -1.11. The molecule has 0 aliphatic rings. The zero-order chi connectivity index (χ0) is 10.4. The lowest BCUT2D eigenvalue weighted by atomic mass is 10.2. The summed E-state index contributed by atoms with van der Waals surface area (Å²) in [5.41, 5.74) is 0.887. The molecule has 0 fully saturated rings. The highest BCUT2D eigenvalue weighted by molar-refractivity contribution is 6.03. The molecule has 3 aromatic rings. The molecule has 74 valence electrons. The predicted molar refractivity (Wildman–Crippen MR) is 47.4 cm³/mol. The molecule has 15 heavy (non-hydrogen) atoms. The number of nitrogens with zero attached hydrogens (tertiary/aromatic N) is 5. The first-order chi connectivity index (χ1) is 7.27. The van der Waals surface area contributed by atoms with Gasteiger partial charge in [0.25, 0.3) is 0 Å². The summed E-state index contributed by atoms with van der Waals surface area (Å²) in [5.74, 6) is -1.11. The molecule has 0 aromatic carbocycles. The van der Waals surface area contributed by atoms with E-state index in [1.165, 1.54) is 17.0 Å². The van der Waals surface area contributed by atoms with Crippen molar-refractivity contribution in [3.63, 3.8) is 0 Å². The molecule has 0 aliphatic heterocycles. The van der Waals surface area contributed by atoms with Crippen LogP contribution in [-0.4, -0.2) is 41.1 Å². The lowest BCUT2D eigenvalue weighted by Gasteiger charge is -1.97. The van der Waals surface area contributed by atoms with E-state index < -0.39 is 5.97 Å². The number of aromatic carboxylic acids is 1. The zero-order valence-electron chi connectivity index (χ0n) is 7.25. The van der Waals surface area contributed by atoms with Crippen LogP contribution in [0.2, 0.25) is 0 Å². The smallest absolute Gasteiger partial charge is 0.357 e. The molecule has 0 atom stereocenters. The molecule has 0 saturated heterocycles. The highest BCUT2D eigenvalue weighted by atomic mass is 16.4. The Morgan fingerprint density at radius 1 is 1.53 bits per heavy atom. The van der Waals surface area contributed by atoms with Crippen molar-refractivity contribution in [2.75, 3.05) is 0 Å². The number of nitrogens with one attached hydrogen (secondary N) is 1. The average Bonchev–Trinajstić information content (AvgIpc) is 2.83. The Kier molecular flexibility index (Phi) is 1.31. The van der Waals surface area contributed by atoms with Crippen LogP contribution < -0.4 is 0 Å². The van der Waals surface area contributed by atoms with Crippen molar-refractivity contribution in [3.05, 3.63) is 18.2 Å².